The minimum atomic E-state index is 0.543. The summed E-state index contributed by atoms with van der Waals surface area (Å²) in [4.78, 5) is 2.21. The number of ether oxygens (including phenoxy) is 1. The van der Waals surface area contributed by atoms with Crippen LogP contribution in [0.15, 0.2) is 48.5 Å². The Morgan fingerprint density at radius 1 is 1.00 bits per heavy atom. The van der Waals surface area contributed by atoms with Gasteiger partial charge in [-0.3, -0.25) is 0 Å². The van der Waals surface area contributed by atoms with E-state index in [0.717, 1.165) is 35.7 Å². The summed E-state index contributed by atoms with van der Waals surface area (Å²) in [6, 6.07) is 16.1. The molecule has 0 heterocycles. The van der Waals surface area contributed by atoms with Crippen LogP contribution in [0.3, 0.4) is 0 Å². The lowest BCUT2D eigenvalue weighted by Gasteiger charge is -2.10. The highest BCUT2D eigenvalue weighted by atomic mass is 35.5. The number of hydrogen-bond donors (Lipinski definition) is 0. The van der Waals surface area contributed by atoms with Gasteiger partial charge in [0.15, 0.2) is 0 Å². The van der Waals surface area contributed by atoms with Crippen molar-refractivity contribution in [3.05, 3.63) is 64.7 Å². The molecule has 0 aromatic heterocycles. The van der Waals surface area contributed by atoms with Crippen LogP contribution in [0.1, 0.15) is 17.5 Å². The first kappa shape index (κ1) is 15.9. The van der Waals surface area contributed by atoms with E-state index in [-0.39, 0.29) is 0 Å². The fourth-order valence-corrected chi connectivity index (χ4v) is 2.40. The van der Waals surface area contributed by atoms with Crippen molar-refractivity contribution in [3.8, 4) is 5.75 Å². The predicted octanol–water partition coefficient (Wildman–Crippen LogP) is 4.41. The average molecular weight is 304 g/mol. The number of rotatable bonds is 7. The number of benzene rings is 2. The zero-order chi connectivity index (χ0) is 15.1. The van der Waals surface area contributed by atoms with Crippen LogP contribution in [0.25, 0.3) is 0 Å². The summed E-state index contributed by atoms with van der Waals surface area (Å²) in [5.41, 5.74) is 2.40. The second-order valence-electron chi connectivity index (χ2n) is 5.47. The largest absolute Gasteiger partial charge is 0.489 e. The number of nitrogens with zero attached hydrogens (tertiary/aromatic N) is 1. The molecule has 0 aliphatic carbocycles. The highest BCUT2D eigenvalue weighted by molar-refractivity contribution is 6.30. The fraction of sp³-hybridized carbons (Fsp3) is 0.333. The van der Waals surface area contributed by atoms with Crippen LogP contribution < -0.4 is 4.74 Å². The monoisotopic (exact) mass is 303 g/mol. The van der Waals surface area contributed by atoms with Crippen LogP contribution in [0.5, 0.6) is 5.75 Å². The zero-order valence-corrected chi connectivity index (χ0v) is 13.4. The Hall–Kier alpha value is -1.51. The van der Waals surface area contributed by atoms with Gasteiger partial charge in [-0.1, -0.05) is 35.9 Å². The van der Waals surface area contributed by atoms with E-state index in [2.05, 4.69) is 37.2 Å². The molecule has 0 N–H and O–H groups in total. The van der Waals surface area contributed by atoms with Crippen LogP contribution in [-0.4, -0.2) is 25.5 Å². The Kier molecular flexibility index (Phi) is 6.09. The third-order valence-corrected chi connectivity index (χ3v) is 3.50. The molecule has 2 nitrogen and oxygen atoms in total. The molecule has 0 aliphatic rings. The van der Waals surface area contributed by atoms with Gasteiger partial charge in [-0.25, -0.2) is 0 Å². The van der Waals surface area contributed by atoms with Crippen LogP contribution in [0.2, 0.25) is 5.02 Å². The Morgan fingerprint density at radius 3 is 2.52 bits per heavy atom. The lowest BCUT2D eigenvalue weighted by molar-refractivity contribution is 0.306. The van der Waals surface area contributed by atoms with Gasteiger partial charge >= 0.3 is 0 Å². The molecule has 0 atom stereocenters. The molecular formula is C18H22ClNO. The second kappa shape index (κ2) is 8.06. The maximum atomic E-state index is 5.98. The molecule has 0 unspecified atom stereocenters. The van der Waals surface area contributed by atoms with Gasteiger partial charge in [-0.2, -0.15) is 0 Å². The summed E-state index contributed by atoms with van der Waals surface area (Å²) < 4.78 is 5.85. The van der Waals surface area contributed by atoms with E-state index in [1.54, 1.807) is 0 Å². The summed E-state index contributed by atoms with van der Waals surface area (Å²) in [6.07, 6.45) is 2.23. The topological polar surface area (TPSA) is 12.5 Å². The molecule has 0 aliphatic heterocycles. The number of hydrogen-bond acceptors (Lipinski definition) is 2. The molecule has 0 saturated carbocycles. The van der Waals surface area contributed by atoms with Crippen molar-refractivity contribution < 1.29 is 4.74 Å². The molecule has 0 bridgehead atoms. The fourth-order valence-electron chi connectivity index (χ4n) is 2.18. The van der Waals surface area contributed by atoms with Crippen molar-refractivity contribution in [2.45, 2.75) is 19.4 Å². The van der Waals surface area contributed by atoms with Gasteiger partial charge in [0.25, 0.3) is 0 Å². The Morgan fingerprint density at radius 2 is 1.76 bits per heavy atom. The molecule has 2 aromatic rings. The van der Waals surface area contributed by atoms with E-state index in [1.165, 1.54) is 5.56 Å². The van der Waals surface area contributed by atoms with Gasteiger partial charge in [0.1, 0.15) is 12.4 Å². The second-order valence-corrected chi connectivity index (χ2v) is 5.91. The maximum Gasteiger partial charge on any atom is 0.120 e. The van der Waals surface area contributed by atoms with Crippen LogP contribution in [-0.2, 0) is 13.0 Å². The van der Waals surface area contributed by atoms with E-state index in [9.17, 15) is 0 Å². The van der Waals surface area contributed by atoms with Gasteiger partial charge in [-0.05, 0) is 68.9 Å². The van der Waals surface area contributed by atoms with Gasteiger partial charge in [0.2, 0.25) is 0 Å². The minimum Gasteiger partial charge on any atom is -0.489 e. The van der Waals surface area contributed by atoms with Crippen LogP contribution in [0.4, 0.5) is 0 Å². The highest BCUT2D eigenvalue weighted by Gasteiger charge is 2.00. The summed E-state index contributed by atoms with van der Waals surface area (Å²) in [5, 5.41) is 0.744. The summed E-state index contributed by atoms with van der Waals surface area (Å²) in [5.74, 6) is 0.914. The van der Waals surface area contributed by atoms with Gasteiger partial charge < -0.3 is 9.64 Å². The molecule has 2 rings (SSSR count). The van der Waals surface area contributed by atoms with Gasteiger partial charge in [0.05, 0.1) is 0 Å². The summed E-state index contributed by atoms with van der Waals surface area (Å²) in [6.45, 7) is 1.65. The van der Waals surface area contributed by atoms with Crippen molar-refractivity contribution >= 4 is 11.6 Å². The van der Waals surface area contributed by atoms with E-state index in [4.69, 9.17) is 16.3 Å². The van der Waals surface area contributed by atoms with Crippen LogP contribution in [0, 0.1) is 0 Å². The molecule has 0 saturated heterocycles. The van der Waals surface area contributed by atoms with Crippen LogP contribution >= 0.6 is 11.6 Å². The minimum absolute atomic E-state index is 0.543. The first-order valence-corrected chi connectivity index (χ1v) is 7.62. The standard InChI is InChI=1S/C18H22ClNO/c1-20(2)11-5-8-15-6-4-10-18(13-15)21-14-16-7-3-9-17(19)12-16/h3-4,6-7,9-10,12-13H,5,8,11,14H2,1-2H3. The lowest BCUT2D eigenvalue weighted by Crippen LogP contribution is -2.13. The molecule has 0 radical (unpaired) electrons. The van der Waals surface area contributed by atoms with Crippen molar-refractivity contribution in [1.82, 2.24) is 4.90 Å². The van der Waals surface area contributed by atoms with Crippen molar-refractivity contribution in [1.29, 1.82) is 0 Å². The quantitative estimate of drug-likeness (QED) is 0.751. The molecule has 0 amide bonds. The van der Waals surface area contributed by atoms with E-state index in [0.29, 0.717) is 6.61 Å². The third kappa shape index (κ3) is 5.78. The van der Waals surface area contributed by atoms with Gasteiger partial charge in [-0.15, -0.1) is 0 Å². The molecule has 21 heavy (non-hydrogen) atoms. The Labute approximate surface area is 132 Å². The molecule has 0 fully saturated rings. The first-order chi connectivity index (χ1) is 10.1. The highest BCUT2D eigenvalue weighted by Crippen LogP contribution is 2.17. The Balaban J connectivity index is 1.88. The maximum absolute atomic E-state index is 5.98. The van der Waals surface area contributed by atoms with Crippen molar-refractivity contribution in [3.63, 3.8) is 0 Å². The third-order valence-electron chi connectivity index (χ3n) is 3.26. The average Bonchev–Trinajstić information content (AvgIpc) is 2.45. The summed E-state index contributed by atoms with van der Waals surface area (Å²) >= 11 is 5.98. The van der Waals surface area contributed by atoms with Gasteiger partial charge in [0, 0.05) is 5.02 Å². The van der Waals surface area contributed by atoms with E-state index < -0.39 is 0 Å². The normalized spacial score (nSPS) is 10.9. The lowest BCUT2D eigenvalue weighted by atomic mass is 10.1. The smallest absolute Gasteiger partial charge is 0.120 e. The first-order valence-electron chi connectivity index (χ1n) is 7.24. The van der Waals surface area contributed by atoms with E-state index >= 15 is 0 Å². The number of aryl methyl sites for hydroxylation is 1. The van der Waals surface area contributed by atoms with E-state index in [1.807, 2.05) is 30.3 Å². The zero-order valence-electron chi connectivity index (χ0n) is 12.7. The molecule has 3 heteroatoms. The Bertz CT molecular complexity index is 569. The number of halogens is 1. The molecule has 2 aromatic carbocycles. The molecule has 0 spiro atoms. The molecular weight excluding hydrogens is 282 g/mol. The summed E-state index contributed by atoms with van der Waals surface area (Å²) in [7, 11) is 4.20. The predicted molar refractivity (Wildman–Crippen MR) is 89.1 cm³/mol. The molecule has 112 valence electrons. The SMILES string of the molecule is CN(C)CCCc1cccc(OCc2cccc(Cl)c2)c1. The van der Waals surface area contributed by atoms with Crippen molar-refractivity contribution in [2.24, 2.45) is 0 Å². The van der Waals surface area contributed by atoms with Crippen molar-refractivity contribution in [2.75, 3.05) is 20.6 Å².